The van der Waals surface area contributed by atoms with E-state index < -0.39 is 0 Å². The van der Waals surface area contributed by atoms with Crippen LogP contribution in [0.5, 0.6) is 0 Å². The Morgan fingerprint density at radius 3 is 2.35 bits per heavy atom. The number of carbonyl (C=O) groups excluding carboxylic acids is 1. The maximum atomic E-state index is 12.9. The summed E-state index contributed by atoms with van der Waals surface area (Å²) in [6.45, 7) is 10.5. The molecular weight excluding hydrogens is 384 g/mol. The Hall–Kier alpha value is -2.63. The Kier molecular flexibility index (Phi) is 5.55. The number of likely N-dealkylation sites (tertiary alicyclic amines) is 1. The van der Waals surface area contributed by atoms with Crippen molar-refractivity contribution in [1.29, 1.82) is 0 Å². The predicted octanol–water partition coefficient (Wildman–Crippen LogP) is 4.23. The zero-order valence-electron chi connectivity index (χ0n) is 18.7. The van der Waals surface area contributed by atoms with E-state index in [1.165, 1.54) is 59.2 Å². The lowest BCUT2D eigenvalue weighted by Crippen LogP contribution is -2.50. The van der Waals surface area contributed by atoms with Gasteiger partial charge in [-0.05, 0) is 86.8 Å². The van der Waals surface area contributed by atoms with Crippen LogP contribution in [0.4, 0.5) is 5.69 Å². The predicted molar refractivity (Wildman–Crippen MR) is 126 cm³/mol. The van der Waals surface area contributed by atoms with E-state index in [4.69, 9.17) is 0 Å². The topological polar surface area (TPSA) is 42.6 Å². The first kappa shape index (κ1) is 20.3. The summed E-state index contributed by atoms with van der Waals surface area (Å²) in [5.74, 6) is 0.187. The lowest BCUT2D eigenvalue weighted by Gasteiger charge is -2.34. The van der Waals surface area contributed by atoms with E-state index in [9.17, 15) is 4.79 Å². The number of aromatic nitrogens is 1. The number of aromatic amines is 1. The number of nitrogens with zero attached hydrogens (tertiary/aromatic N) is 3. The summed E-state index contributed by atoms with van der Waals surface area (Å²) in [5, 5.41) is 1.27. The fourth-order valence-electron chi connectivity index (χ4n) is 5.10. The Bertz CT molecular complexity index is 1080. The van der Waals surface area contributed by atoms with Crippen LogP contribution < -0.4 is 4.90 Å². The van der Waals surface area contributed by atoms with Crippen LogP contribution in [-0.4, -0.2) is 53.4 Å². The maximum absolute atomic E-state index is 12.9. The van der Waals surface area contributed by atoms with Gasteiger partial charge in [0.15, 0.2) is 0 Å². The Morgan fingerprint density at radius 1 is 0.839 bits per heavy atom. The van der Waals surface area contributed by atoms with Crippen LogP contribution in [0.15, 0.2) is 42.5 Å². The Balaban J connectivity index is 1.24. The molecule has 0 radical (unpaired) electrons. The van der Waals surface area contributed by atoms with E-state index in [1.54, 1.807) is 0 Å². The number of hydrogen-bond acceptors (Lipinski definition) is 3. The summed E-state index contributed by atoms with van der Waals surface area (Å²) < 4.78 is 0. The van der Waals surface area contributed by atoms with Crippen LogP contribution in [0.1, 0.15) is 35.2 Å². The van der Waals surface area contributed by atoms with Gasteiger partial charge in [0.2, 0.25) is 5.91 Å². The highest BCUT2D eigenvalue weighted by atomic mass is 16.2. The number of anilines is 1. The number of piperazine rings is 1. The van der Waals surface area contributed by atoms with Gasteiger partial charge in [0, 0.05) is 48.5 Å². The minimum atomic E-state index is 0.187. The molecule has 0 saturated carbocycles. The van der Waals surface area contributed by atoms with Gasteiger partial charge in [-0.25, -0.2) is 0 Å². The third kappa shape index (κ3) is 4.53. The van der Waals surface area contributed by atoms with Crippen LogP contribution in [0.3, 0.4) is 0 Å². The van der Waals surface area contributed by atoms with Gasteiger partial charge in [-0.1, -0.05) is 12.1 Å². The molecule has 2 aromatic carbocycles. The summed E-state index contributed by atoms with van der Waals surface area (Å²) in [6, 6.07) is 15.3. The number of fused-ring (bicyclic) bond motifs is 1. The summed E-state index contributed by atoms with van der Waals surface area (Å²) >= 11 is 0. The van der Waals surface area contributed by atoms with E-state index in [0.717, 1.165) is 31.9 Å². The first-order valence-corrected chi connectivity index (χ1v) is 11.5. The van der Waals surface area contributed by atoms with Gasteiger partial charge in [0.05, 0.1) is 6.54 Å². The largest absolute Gasteiger partial charge is 0.357 e. The quantitative estimate of drug-likeness (QED) is 0.677. The lowest BCUT2D eigenvalue weighted by molar-refractivity contribution is -0.121. The third-order valence-electron chi connectivity index (χ3n) is 6.56. The minimum absolute atomic E-state index is 0.187. The molecular formula is C26H32N4O. The highest BCUT2D eigenvalue weighted by Gasteiger charge is 2.25. The molecule has 3 heterocycles. The third-order valence-corrected chi connectivity index (χ3v) is 6.56. The number of nitrogens with one attached hydrogen (secondary N) is 1. The van der Waals surface area contributed by atoms with Crippen LogP contribution in [-0.2, 0) is 17.9 Å². The molecule has 2 aliphatic heterocycles. The van der Waals surface area contributed by atoms with Gasteiger partial charge in [-0.2, -0.15) is 0 Å². The smallest absolute Gasteiger partial charge is 0.241 e. The zero-order valence-corrected chi connectivity index (χ0v) is 18.7. The highest BCUT2D eigenvalue weighted by molar-refractivity contribution is 5.95. The van der Waals surface area contributed by atoms with Crippen molar-refractivity contribution >= 4 is 22.5 Å². The van der Waals surface area contributed by atoms with Gasteiger partial charge >= 0.3 is 0 Å². The molecule has 0 atom stereocenters. The van der Waals surface area contributed by atoms with E-state index in [-0.39, 0.29) is 5.91 Å². The number of amides is 1. The van der Waals surface area contributed by atoms with E-state index in [1.807, 2.05) is 4.90 Å². The second-order valence-corrected chi connectivity index (χ2v) is 9.30. The van der Waals surface area contributed by atoms with Crippen molar-refractivity contribution in [3.63, 3.8) is 0 Å². The Labute approximate surface area is 184 Å². The van der Waals surface area contributed by atoms with Crippen molar-refractivity contribution in [3.8, 4) is 0 Å². The van der Waals surface area contributed by atoms with Crippen LogP contribution in [0, 0.1) is 13.8 Å². The van der Waals surface area contributed by atoms with Crippen molar-refractivity contribution in [2.75, 3.05) is 37.6 Å². The van der Waals surface area contributed by atoms with Crippen molar-refractivity contribution in [1.82, 2.24) is 14.8 Å². The summed E-state index contributed by atoms with van der Waals surface area (Å²) in [7, 11) is 0. The number of hydrogen-bond donors (Lipinski definition) is 1. The van der Waals surface area contributed by atoms with Crippen LogP contribution >= 0.6 is 0 Å². The fourth-order valence-corrected chi connectivity index (χ4v) is 5.10. The highest BCUT2D eigenvalue weighted by Crippen LogP contribution is 2.23. The summed E-state index contributed by atoms with van der Waals surface area (Å²) in [4.78, 5) is 23.2. The molecule has 0 spiro atoms. The number of carbonyl (C=O) groups is 1. The Morgan fingerprint density at radius 2 is 1.61 bits per heavy atom. The minimum Gasteiger partial charge on any atom is -0.357 e. The average Bonchev–Trinajstić information content (AvgIpc) is 3.36. The van der Waals surface area contributed by atoms with Gasteiger partial charge in [-0.3, -0.25) is 14.6 Å². The molecule has 31 heavy (non-hydrogen) atoms. The molecule has 5 heteroatoms. The maximum Gasteiger partial charge on any atom is 0.241 e. The monoisotopic (exact) mass is 416 g/mol. The SMILES string of the molecule is Cc1cc(C)cc(N2CCN(Cc3ccc4[nH]c(CN5CCCC5)cc4c3)CC2=O)c1. The molecule has 0 aliphatic carbocycles. The molecule has 2 aliphatic rings. The molecule has 0 unspecified atom stereocenters. The first-order chi connectivity index (χ1) is 15.0. The average molecular weight is 417 g/mol. The van der Waals surface area contributed by atoms with Gasteiger partial charge in [0.1, 0.15) is 0 Å². The van der Waals surface area contributed by atoms with Crippen molar-refractivity contribution in [2.24, 2.45) is 0 Å². The number of aryl methyl sites for hydroxylation is 2. The molecule has 1 aromatic heterocycles. The van der Waals surface area contributed by atoms with Gasteiger partial charge in [0.25, 0.3) is 0 Å². The van der Waals surface area contributed by atoms with Crippen LogP contribution in [0.25, 0.3) is 10.9 Å². The van der Waals surface area contributed by atoms with E-state index in [2.05, 4.69) is 71.1 Å². The van der Waals surface area contributed by atoms with Crippen LogP contribution in [0.2, 0.25) is 0 Å². The van der Waals surface area contributed by atoms with Gasteiger partial charge in [-0.15, -0.1) is 0 Å². The standard InChI is InChI=1S/C26H32N4O/c1-19-11-20(2)13-24(12-19)30-10-9-29(18-26(30)31)16-21-5-6-25-22(14-21)15-23(27-25)17-28-7-3-4-8-28/h5-6,11-15,27H,3-4,7-10,16-18H2,1-2H3. The molecule has 5 nitrogen and oxygen atoms in total. The number of rotatable bonds is 5. The molecule has 5 rings (SSSR count). The first-order valence-electron chi connectivity index (χ1n) is 11.5. The normalized spacial score (nSPS) is 18.4. The zero-order chi connectivity index (χ0) is 21.4. The van der Waals surface area contributed by atoms with Crippen molar-refractivity contribution in [2.45, 2.75) is 39.8 Å². The summed E-state index contributed by atoms with van der Waals surface area (Å²) in [6.07, 6.45) is 2.64. The van der Waals surface area contributed by atoms with E-state index >= 15 is 0 Å². The molecule has 3 aromatic rings. The number of benzene rings is 2. The second kappa shape index (κ2) is 8.48. The molecule has 0 bridgehead atoms. The molecule has 1 amide bonds. The molecule has 162 valence electrons. The van der Waals surface area contributed by atoms with Crippen molar-refractivity contribution in [3.05, 3.63) is 64.8 Å². The fraction of sp³-hybridized carbons (Fsp3) is 0.423. The molecule has 2 fully saturated rings. The molecule has 1 N–H and O–H groups in total. The number of H-pyrrole nitrogens is 1. The van der Waals surface area contributed by atoms with E-state index in [0.29, 0.717) is 6.54 Å². The van der Waals surface area contributed by atoms with Crippen molar-refractivity contribution < 1.29 is 4.79 Å². The summed E-state index contributed by atoms with van der Waals surface area (Å²) in [5.41, 5.74) is 7.21. The lowest BCUT2D eigenvalue weighted by atomic mass is 10.1. The second-order valence-electron chi connectivity index (χ2n) is 9.30. The van der Waals surface area contributed by atoms with Gasteiger partial charge < -0.3 is 9.88 Å². The molecule has 2 saturated heterocycles.